The molecule has 3 N–H and O–H groups in total. The summed E-state index contributed by atoms with van der Waals surface area (Å²) in [5, 5.41) is 9.74. The first kappa shape index (κ1) is 10.8. The van der Waals surface area contributed by atoms with Gasteiger partial charge >= 0.3 is 0 Å². The van der Waals surface area contributed by atoms with E-state index in [2.05, 4.69) is 20.4 Å². The van der Waals surface area contributed by atoms with Crippen LogP contribution < -0.4 is 11.1 Å². The van der Waals surface area contributed by atoms with Crippen molar-refractivity contribution in [3.63, 3.8) is 0 Å². The first-order valence-electron chi connectivity index (χ1n) is 4.66. The molecule has 0 unspecified atom stereocenters. The average Bonchev–Trinajstić information content (AvgIpc) is 2.87. The van der Waals surface area contributed by atoms with Gasteiger partial charge in [-0.1, -0.05) is 0 Å². The molecule has 0 spiro atoms. The van der Waals surface area contributed by atoms with Crippen molar-refractivity contribution in [1.82, 2.24) is 19.7 Å². The number of nitrogens with two attached hydrogens (primary N) is 1. The van der Waals surface area contributed by atoms with Gasteiger partial charge in [-0.15, -0.1) is 16.4 Å². The van der Waals surface area contributed by atoms with Gasteiger partial charge in [-0.05, 0) is 0 Å². The third-order valence-corrected chi connectivity index (χ3v) is 2.57. The molecule has 0 bridgehead atoms. The quantitative estimate of drug-likeness (QED) is 0.733. The highest BCUT2D eigenvalue weighted by Crippen LogP contribution is 2.15. The lowest BCUT2D eigenvalue weighted by Gasteiger charge is -1.98. The summed E-state index contributed by atoms with van der Waals surface area (Å²) >= 11 is 1.45. The van der Waals surface area contributed by atoms with Crippen LogP contribution in [0.15, 0.2) is 11.6 Å². The summed E-state index contributed by atoms with van der Waals surface area (Å²) in [5.74, 6) is 0.791. The van der Waals surface area contributed by atoms with E-state index in [-0.39, 0.29) is 0 Å². The average molecular weight is 240 g/mol. The molecule has 2 rings (SSSR count). The number of nitrogen functional groups attached to an aromatic ring is 1. The van der Waals surface area contributed by atoms with Crippen LogP contribution >= 0.6 is 11.3 Å². The van der Waals surface area contributed by atoms with E-state index in [1.165, 1.54) is 16.0 Å². The van der Waals surface area contributed by atoms with Crippen LogP contribution in [0.4, 0.5) is 11.9 Å². The van der Waals surface area contributed by atoms with Crippen LogP contribution in [0.25, 0.3) is 5.13 Å². The van der Waals surface area contributed by atoms with E-state index in [9.17, 15) is 0 Å². The number of thiazole rings is 1. The molecule has 0 aromatic carbocycles. The van der Waals surface area contributed by atoms with Crippen molar-refractivity contribution in [3.05, 3.63) is 11.6 Å². The van der Waals surface area contributed by atoms with E-state index in [1.54, 1.807) is 13.3 Å². The van der Waals surface area contributed by atoms with Gasteiger partial charge in [-0.25, -0.2) is 4.98 Å². The van der Waals surface area contributed by atoms with Gasteiger partial charge < -0.3 is 15.8 Å². The lowest BCUT2D eigenvalue weighted by Crippen LogP contribution is -2.09. The Labute approximate surface area is 96.3 Å². The molecule has 2 aromatic rings. The van der Waals surface area contributed by atoms with Gasteiger partial charge in [0.05, 0.1) is 6.61 Å². The van der Waals surface area contributed by atoms with Crippen molar-refractivity contribution in [2.75, 3.05) is 31.3 Å². The molecule has 0 aliphatic carbocycles. The highest BCUT2D eigenvalue weighted by atomic mass is 32.1. The number of rotatable bonds is 5. The number of hydrogen-bond donors (Lipinski definition) is 2. The van der Waals surface area contributed by atoms with Gasteiger partial charge in [0.25, 0.3) is 0 Å². The van der Waals surface area contributed by atoms with Crippen LogP contribution in [0.5, 0.6) is 0 Å². The summed E-state index contributed by atoms with van der Waals surface area (Å²) in [6, 6.07) is 0. The zero-order chi connectivity index (χ0) is 11.4. The molecule has 86 valence electrons. The molecule has 0 amide bonds. The van der Waals surface area contributed by atoms with Crippen molar-refractivity contribution in [2.24, 2.45) is 0 Å². The second kappa shape index (κ2) is 4.90. The van der Waals surface area contributed by atoms with Gasteiger partial charge in [-0.3, -0.25) is 0 Å². The van der Waals surface area contributed by atoms with E-state index < -0.39 is 0 Å². The van der Waals surface area contributed by atoms with Crippen molar-refractivity contribution in [3.8, 4) is 5.13 Å². The Kier molecular flexibility index (Phi) is 3.32. The van der Waals surface area contributed by atoms with E-state index >= 15 is 0 Å². The van der Waals surface area contributed by atoms with Crippen LogP contribution in [0, 0.1) is 0 Å². The molecule has 0 aliphatic heterocycles. The lowest BCUT2D eigenvalue weighted by atomic mass is 10.7. The maximum atomic E-state index is 5.72. The molecule has 0 saturated carbocycles. The Morgan fingerprint density at radius 2 is 2.50 bits per heavy atom. The van der Waals surface area contributed by atoms with Crippen molar-refractivity contribution in [1.29, 1.82) is 0 Å². The molecule has 2 heterocycles. The fourth-order valence-electron chi connectivity index (χ4n) is 1.13. The third-order valence-electron chi connectivity index (χ3n) is 1.82. The predicted octanol–water partition coefficient (Wildman–Crippen LogP) is 0.364. The minimum atomic E-state index is 0.315. The van der Waals surface area contributed by atoms with Crippen LogP contribution in [0.1, 0.15) is 0 Å². The van der Waals surface area contributed by atoms with Crippen molar-refractivity contribution in [2.45, 2.75) is 0 Å². The lowest BCUT2D eigenvalue weighted by molar-refractivity contribution is 0.210. The van der Waals surface area contributed by atoms with E-state index in [0.717, 1.165) is 0 Å². The molecule has 0 aliphatic rings. The highest BCUT2D eigenvalue weighted by Gasteiger charge is 2.09. The standard InChI is InChI=1S/C8H12N6OS/c1-15-4-2-10-7-12-6(9)14(13-7)8-11-3-5-16-8/h3,5H,2,4H2,1H3,(H3,9,10,12,13). The molecular formula is C8H12N6OS. The molecule has 8 heteroatoms. The number of anilines is 2. The smallest absolute Gasteiger partial charge is 0.244 e. The summed E-state index contributed by atoms with van der Waals surface area (Å²) in [5.41, 5.74) is 5.72. The number of aromatic nitrogens is 4. The summed E-state index contributed by atoms with van der Waals surface area (Å²) in [6.45, 7) is 1.23. The number of methoxy groups -OCH3 is 1. The predicted molar refractivity (Wildman–Crippen MR) is 61.8 cm³/mol. The van der Waals surface area contributed by atoms with Gasteiger partial charge in [0.15, 0.2) is 0 Å². The molecule has 0 fully saturated rings. The zero-order valence-corrected chi connectivity index (χ0v) is 9.57. The fraction of sp³-hybridized carbons (Fsp3) is 0.375. The summed E-state index contributed by atoms with van der Waals surface area (Å²) in [4.78, 5) is 8.17. The zero-order valence-electron chi connectivity index (χ0n) is 8.75. The summed E-state index contributed by atoms with van der Waals surface area (Å²) < 4.78 is 6.41. The molecule has 0 atom stereocenters. The molecule has 0 saturated heterocycles. The van der Waals surface area contributed by atoms with Gasteiger partial charge in [0.2, 0.25) is 17.0 Å². The Balaban J connectivity index is 2.10. The fourth-order valence-corrected chi connectivity index (χ4v) is 1.72. The van der Waals surface area contributed by atoms with Crippen LogP contribution in [-0.4, -0.2) is 40.0 Å². The SMILES string of the molecule is COCCNc1nc(N)n(-c2nccs2)n1. The Morgan fingerprint density at radius 3 is 3.19 bits per heavy atom. The van der Waals surface area contributed by atoms with Gasteiger partial charge in [-0.2, -0.15) is 9.67 Å². The second-order valence-corrected chi connectivity index (χ2v) is 3.81. The van der Waals surface area contributed by atoms with Gasteiger partial charge in [0.1, 0.15) is 0 Å². The third kappa shape index (κ3) is 2.28. The Morgan fingerprint density at radius 1 is 1.62 bits per heavy atom. The maximum absolute atomic E-state index is 5.72. The van der Waals surface area contributed by atoms with Crippen LogP contribution in [0.2, 0.25) is 0 Å². The minimum Gasteiger partial charge on any atom is -0.383 e. The second-order valence-electron chi connectivity index (χ2n) is 2.94. The van der Waals surface area contributed by atoms with Gasteiger partial charge in [0, 0.05) is 25.2 Å². The van der Waals surface area contributed by atoms with Crippen LogP contribution in [0.3, 0.4) is 0 Å². The Hall–Kier alpha value is -1.67. The first-order chi connectivity index (χ1) is 7.81. The highest BCUT2D eigenvalue weighted by molar-refractivity contribution is 7.12. The van der Waals surface area contributed by atoms with Crippen molar-refractivity contribution < 1.29 is 4.74 Å². The largest absolute Gasteiger partial charge is 0.383 e. The van der Waals surface area contributed by atoms with Crippen molar-refractivity contribution >= 4 is 23.2 Å². The minimum absolute atomic E-state index is 0.315. The van der Waals surface area contributed by atoms with E-state index in [0.29, 0.717) is 30.2 Å². The van der Waals surface area contributed by atoms with Crippen LogP contribution in [-0.2, 0) is 4.74 Å². The summed E-state index contributed by atoms with van der Waals surface area (Å²) in [6.07, 6.45) is 1.69. The number of hydrogen-bond acceptors (Lipinski definition) is 7. The van der Waals surface area contributed by atoms with E-state index in [4.69, 9.17) is 10.5 Å². The molecule has 16 heavy (non-hydrogen) atoms. The molecule has 7 nitrogen and oxygen atoms in total. The number of ether oxygens (including phenoxy) is 1. The summed E-state index contributed by atoms with van der Waals surface area (Å²) in [7, 11) is 1.64. The van der Waals surface area contributed by atoms with E-state index in [1.807, 2.05) is 5.38 Å². The molecular weight excluding hydrogens is 228 g/mol. The Bertz CT molecular complexity index is 439. The molecule has 0 radical (unpaired) electrons. The maximum Gasteiger partial charge on any atom is 0.244 e. The molecule has 2 aromatic heterocycles. The normalized spacial score (nSPS) is 10.6. The topological polar surface area (TPSA) is 90.9 Å². The number of nitrogens with zero attached hydrogens (tertiary/aromatic N) is 4. The monoisotopic (exact) mass is 240 g/mol. The first-order valence-corrected chi connectivity index (χ1v) is 5.54. The number of nitrogens with one attached hydrogen (secondary N) is 1.